The van der Waals surface area contributed by atoms with Crippen LogP contribution in [0, 0.1) is 16.0 Å². The molecule has 1 aromatic rings. The van der Waals surface area contributed by atoms with Crippen molar-refractivity contribution >= 4 is 23.4 Å². The smallest absolute Gasteiger partial charge is 0.311 e. The van der Waals surface area contributed by atoms with Crippen molar-refractivity contribution in [3.63, 3.8) is 0 Å². The molecule has 1 N–H and O–H groups in total. The third-order valence-electron chi connectivity index (χ3n) is 3.23. The van der Waals surface area contributed by atoms with E-state index < -0.39 is 4.92 Å². The summed E-state index contributed by atoms with van der Waals surface area (Å²) in [6, 6.07) is 4.86. The normalized spacial score (nSPS) is 13.8. The van der Waals surface area contributed by atoms with E-state index in [4.69, 9.17) is 4.74 Å². The third kappa shape index (κ3) is 4.93. The van der Waals surface area contributed by atoms with Crippen LogP contribution < -0.4 is 10.1 Å². The number of ether oxygens (including phenoxy) is 1. The minimum atomic E-state index is -0.463. The lowest BCUT2D eigenvalue weighted by Gasteiger charge is -2.06. The highest BCUT2D eigenvalue weighted by atomic mass is 32.2. The topological polar surface area (TPSA) is 81.5 Å². The Balaban J connectivity index is 1.80. The van der Waals surface area contributed by atoms with E-state index in [9.17, 15) is 14.9 Å². The Morgan fingerprint density at radius 2 is 2.29 bits per heavy atom. The van der Waals surface area contributed by atoms with Crippen molar-refractivity contribution in [2.45, 2.75) is 18.6 Å². The van der Waals surface area contributed by atoms with Crippen molar-refractivity contribution in [3.8, 4) is 5.75 Å². The number of nitrogens with one attached hydrogen (secondary N) is 1. The Morgan fingerprint density at radius 1 is 1.52 bits per heavy atom. The van der Waals surface area contributed by atoms with Crippen molar-refractivity contribution in [2.24, 2.45) is 5.92 Å². The van der Waals surface area contributed by atoms with E-state index in [-0.39, 0.29) is 17.3 Å². The van der Waals surface area contributed by atoms with Gasteiger partial charge >= 0.3 is 5.69 Å². The highest BCUT2D eigenvalue weighted by Crippen LogP contribution is 2.29. The van der Waals surface area contributed by atoms with Gasteiger partial charge in [-0.1, -0.05) is 6.07 Å². The van der Waals surface area contributed by atoms with Crippen LogP contribution in [0.5, 0.6) is 5.75 Å². The Hall–Kier alpha value is -1.76. The third-order valence-corrected chi connectivity index (χ3v) is 4.23. The van der Waals surface area contributed by atoms with Gasteiger partial charge in [0.25, 0.3) is 0 Å². The predicted octanol–water partition coefficient (Wildman–Crippen LogP) is 2.36. The fourth-order valence-electron chi connectivity index (χ4n) is 1.86. The molecule has 0 heterocycles. The zero-order chi connectivity index (χ0) is 15.2. The minimum absolute atomic E-state index is 0.0231. The van der Waals surface area contributed by atoms with Crippen molar-refractivity contribution in [3.05, 3.63) is 33.9 Å². The molecule has 0 atom stereocenters. The number of carbonyl (C=O) groups excluding carboxylic acids is 1. The molecule has 0 bridgehead atoms. The number of carbonyl (C=O) groups is 1. The zero-order valence-electron chi connectivity index (χ0n) is 11.8. The van der Waals surface area contributed by atoms with Gasteiger partial charge in [-0.25, -0.2) is 0 Å². The van der Waals surface area contributed by atoms with Crippen LogP contribution in [-0.2, 0) is 10.5 Å². The highest BCUT2D eigenvalue weighted by Gasteiger charge is 2.21. The van der Waals surface area contributed by atoms with Gasteiger partial charge in [0.2, 0.25) is 5.91 Å². The summed E-state index contributed by atoms with van der Waals surface area (Å²) in [6.45, 7) is 0.771. The number of rotatable bonds is 8. The molecule has 0 aromatic heterocycles. The standard InChI is InChI=1S/C14H18N2O4S/c1-20-13-5-4-11(6-12(13)16(18)19)8-21-9-14(17)15-7-10-2-3-10/h4-6,10H,2-3,7-9H2,1H3,(H,15,17). The summed E-state index contributed by atoms with van der Waals surface area (Å²) < 4.78 is 4.95. The van der Waals surface area contributed by atoms with Crippen LogP contribution in [0.4, 0.5) is 5.69 Å². The second kappa shape index (κ2) is 7.31. The summed E-state index contributed by atoms with van der Waals surface area (Å²) in [5.41, 5.74) is 0.760. The van der Waals surface area contributed by atoms with Gasteiger partial charge in [-0.15, -0.1) is 11.8 Å². The minimum Gasteiger partial charge on any atom is -0.490 e. The van der Waals surface area contributed by atoms with Crippen LogP contribution in [0.15, 0.2) is 18.2 Å². The molecule has 6 nitrogen and oxygen atoms in total. The lowest BCUT2D eigenvalue weighted by molar-refractivity contribution is -0.385. The van der Waals surface area contributed by atoms with Crippen LogP contribution >= 0.6 is 11.8 Å². The first-order chi connectivity index (χ1) is 10.1. The molecule has 1 fully saturated rings. The zero-order valence-corrected chi connectivity index (χ0v) is 12.6. The second-order valence-electron chi connectivity index (χ2n) is 5.00. The average molecular weight is 310 g/mol. The van der Waals surface area contributed by atoms with Gasteiger partial charge in [0.15, 0.2) is 5.75 Å². The number of hydrogen-bond donors (Lipinski definition) is 1. The summed E-state index contributed by atoms with van der Waals surface area (Å²) >= 11 is 1.44. The Labute approximate surface area is 127 Å². The van der Waals surface area contributed by atoms with Gasteiger partial charge in [-0.3, -0.25) is 14.9 Å². The SMILES string of the molecule is COc1ccc(CSCC(=O)NCC2CC2)cc1[N+](=O)[O-]. The van der Waals surface area contributed by atoms with Crippen molar-refractivity contribution < 1.29 is 14.5 Å². The lowest BCUT2D eigenvalue weighted by atomic mass is 10.2. The first kappa shape index (κ1) is 15.6. The molecule has 1 aliphatic carbocycles. The molecule has 1 aliphatic rings. The fourth-order valence-corrected chi connectivity index (χ4v) is 2.67. The van der Waals surface area contributed by atoms with Crippen LogP contribution in [0.1, 0.15) is 18.4 Å². The van der Waals surface area contributed by atoms with Crippen LogP contribution in [0.25, 0.3) is 0 Å². The van der Waals surface area contributed by atoms with Crippen molar-refractivity contribution in [1.82, 2.24) is 5.32 Å². The van der Waals surface area contributed by atoms with Gasteiger partial charge in [-0.05, 0) is 30.4 Å². The largest absolute Gasteiger partial charge is 0.490 e. The molecule has 21 heavy (non-hydrogen) atoms. The molecular formula is C14H18N2O4S. The summed E-state index contributed by atoms with van der Waals surface area (Å²) in [5.74, 6) is 1.86. The molecule has 114 valence electrons. The molecule has 0 radical (unpaired) electrons. The van der Waals surface area contributed by atoms with Crippen LogP contribution in [-0.4, -0.2) is 30.2 Å². The van der Waals surface area contributed by atoms with Crippen molar-refractivity contribution in [1.29, 1.82) is 0 Å². The fraction of sp³-hybridized carbons (Fsp3) is 0.500. The molecular weight excluding hydrogens is 292 g/mol. The van der Waals surface area contributed by atoms with E-state index in [0.29, 0.717) is 17.4 Å². The van der Waals surface area contributed by atoms with E-state index in [1.807, 2.05) is 0 Å². The van der Waals surface area contributed by atoms with Crippen molar-refractivity contribution in [2.75, 3.05) is 19.4 Å². The molecule has 7 heteroatoms. The van der Waals surface area contributed by atoms with E-state index in [0.717, 1.165) is 12.1 Å². The molecule has 2 rings (SSSR count). The maximum atomic E-state index is 11.6. The van der Waals surface area contributed by atoms with Crippen LogP contribution in [0.3, 0.4) is 0 Å². The first-order valence-electron chi connectivity index (χ1n) is 6.76. The molecule has 0 aliphatic heterocycles. The highest BCUT2D eigenvalue weighted by molar-refractivity contribution is 7.99. The Morgan fingerprint density at radius 3 is 2.90 bits per heavy atom. The van der Waals surface area contributed by atoms with Gasteiger partial charge in [0.05, 0.1) is 17.8 Å². The first-order valence-corrected chi connectivity index (χ1v) is 7.91. The number of nitrogens with zero attached hydrogens (tertiary/aromatic N) is 1. The van der Waals surface area contributed by atoms with E-state index in [1.165, 1.54) is 37.8 Å². The maximum absolute atomic E-state index is 11.6. The number of benzene rings is 1. The maximum Gasteiger partial charge on any atom is 0.311 e. The summed E-state index contributed by atoms with van der Waals surface area (Å²) in [7, 11) is 1.40. The summed E-state index contributed by atoms with van der Waals surface area (Å²) in [4.78, 5) is 22.0. The second-order valence-corrected chi connectivity index (χ2v) is 5.99. The van der Waals surface area contributed by atoms with Gasteiger partial charge < -0.3 is 10.1 Å². The quantitative estimate of drug-likeness (QED) is 0.589. The van der Waals surface area contributed by atoms with Gasteiger partial charge in [0.1, 0.15) is 0 Å². The number of nitro groups is 1. The number of nitro benzene ring substituents is 1. The molecule has 0 saturated heterocycles. The Bertz CT molecular complexity index is 532. The Kier molecular flexibility index (Phi) is 5.44. The lowest BCUT2D eigenvalue weighted by Crippen LogP contribution is -2.27. The predicted molar refractivity (Wildman–Crippen MR) is 81.5 cm³/mol. The molecule has 0 unspecified atom stereocenters. The van der Waals surface area contributed by atoms with Gasteiger partial charge in [-0.2, -0.15) is 0 Å². The average Bonchev–Trinajstić information content (AvgIpc) is 3.29. The number of methoxy groups -OCH3 is 1. The summed E-state index contributed by atoms with van der Waals surface area (Å²) in [5, 5.41) is 13.8. The van der Waals surface area contributed by atoms with E-state index in [2.05, 4.69) is 5.32 Å². The monoisotopic (exact) mass is 310 g/mol. The number of thioether (sulfide) groups is 1. The summed E-state index contributed by atoms with van der Waals surface area (Å²) in [6.07, 6.45) is 2.42. The van der Waals surface area contributed by atoms with Crippen LogP contribution in [0.2, 0.25) is 0 Å². The van der Waals surface area contributed by atoms with E-state index in [1.54, 1.807) is 12.1 Å². The van der Waals surface area contributed by atoms with Gasteiger partial charge in [0, 0.05) is 18.4 Å². The van der Waals surface area contributed by atoms with E-state index >= 15 is 0 Å². The molecule has 0 spiro atoms. The molecule has 1 aromatic carbocycles. The number of hydrogen-bond acceptors (Lipinski definition) is 5. The molecule has 1 saturated carbocycles. The number of amides is 1. The molecule has 1 amide bonds.